The highest BCUT2D eigenvalue weighted by Gasteiger charge is 2.55. The molecule has 3 atom stereocenters. The minimum atomic E-state index is -3.30. The van der Waals surface area contributed by atoms with Gasteiger partial charge in [0.2, 0.25) is 15.9 Å². The van der Waals surface area contributed by atoms with Crippen molar-refractivity contribution in [2.24, 2.45) is 11.3 Å². The number of anilines is 2. The van der Waals surface area contributed by atoms with Gasteiger partial charge in [-0.2, -0.15) is 0 Å². The molecule has 1 amide bonds. The van der Waals surface area contributed by atoms with Crippen LogP contribution in [0.2, 0.25) is 0 Å². The van der Waals surface area contributed by atoms with E-state index in [1.54, 1.807) is 19.1 Å². The maximum Gasteiger partial charge on any atom is 0.232 e. The van der Waals surface area contributed by atoms with Gasteiger partial charge in [-0.1, -0.05) is 15.9 Å². The number of alkyl halides is 1. The molecule has 0 aromatic heterocycles. The number of hydrogen-bond acceptors (Lipinski definition) is 3. The van der Waals surface area contributed by atoms with Crippen LogP contribution in [0.25, 0.3) is 0 Å². The summed E-state index contributed by atoms with van der Waals surface area (Å²) >= 11 is 3.70. The van der Waals surface area contributed by atoms with Crippen LogP contribution >= 0.6 is 15.9 Å². The van der Waals surface area contributed by atoms with E-state index in [4.69, 9.17) is 0 Å². The molecule has 2 fully saturated rings. The quantitative estimate of drug-likeness (QED) is 0.721. The van der Waals surface area contributed by atoms with Crippen molar-refractivity contribution < 1.29 is 13.2 Å². The van der Waals surface area contributed by atoms with Gasteiger partial charge >= 0.3 is 0 Å². The molecule has 5 nitrogen and oxygen atoms in total. The molecule has 2 bridgehead atoms. The van der Waals surface area contributed by atoms with Crippen molar-refractivity contribution in [3.8, 4) is 0 Å². The molecule has 0 saturated heterocycles. The van der Waals surface area contributed by atoms with E-state index < -0.39 is 10.0 Å². The summed E-state index contributed by atoms with van der Waals surface area (Å²) in [6.45, 7) is 3.43. The lowest BCUT2D eigenvalue weighted by atomic mass is 9.83. The van der Waals surface area contributed by atoms with Crippen LogP contribution in [0, 0.1) is 18.3 Å². The molecule has 1 aromatic carbocycles. The first-order valence-corrected chi connectivity index (χ1v) is 10.9. The molecule has 2 aliphatic rings. The van der Waals surface area contributed by atoms with Crippen LogP contribution in [-0.4, -0.2) is 24.9 Å². The Kier molecular flexibility index (Phi) is 4.68. The Bertz CT molecular complexity index is 765. The fourth-order valence-corrected chi connectivity index (χ4v) is 5.75. The molecule has 0 heterocycles. The van der Waals surface area contributed by atoms with E-state index in [0.29, 0.717) is 17.3 Å². The number of carbonyl (C=O) groups is 1. The van der Waals surface area contributed by atoms with Crippen molar-refractivity contribution in [1.29, 1.82) is 0 Å². The topological polar surface area (TPSA) is 75.3 Å². The number of halogens is 1. The Balaban J connectivity index is 1.74. The number of carbonyl (C=O) groups excluding carboxylic acids is 1. The lowest BCUT2D eigenvalue weighted by molar-refractivity contribution is -0.124. The zero-order chi connectivity index (χ0) is 17.5. The Hall–Kier alpha value is -1.08. The molecule has 132 valence electrons. The third-order valence-corrected chi connectivity index (χ3v) is 7.91. The van der Waals surface area contributed by atoms with Crippen LogP contribution < -0.4 is 10.0 Å². The normalized spacial score (nSPS) is 28.8. The molecular formula is C17H23BrN2O3S. The van der Waals surface area contributed by atoms with E-state index in [-0.39, 0.29) is 21.9 Å². The lowest BCUT2D eigenvalue weighted by Crippen LogP contribution is -2.39. The van der Waals surface area contributed by atoms with Gasteiger partial charge in [0.05, 0.1) is 16.9 Å². The molecule has 0 aliphatic heterocycles. The Labute approximate surface area is 151 Å². The Morgan fingerprint density at radius 2 is 2.17 bits per heavy atom. The summed E-state index contributed by atoms with van der Waals surface area (Å²) in [5.74, 6) is 0.764. The number of aryl methyl sites for hydroxylation is 1. The summed E-state index contributed by atoms with van der Waals surface area (Å²) in [5.41, 5.74) is 1.75. The highest BCUT2D eigenvalue weighted by molar-refractivity contribution is 9.09. The van der Waals surface area contributed by atoms with Crippen LogP contribution in [0.3, 0.4) is 0 Å². The molecule has 0 spiro atoms. The monoisotopic (exact) mass is 414 g/mol. The zero-order valence-corrected chi connectivity index (χ0v) is 16.3. The third-order valence-electron chi connectivity index (χ3n) is 5.37. The van der Waals surface area contributed by atoms with Crippen molar-refractivity contribution in [3.05, 3.63) is 23.8 Å². The maximum absolute atomic E-state index is 12.8. The van der Waals surface area contributed by atoms with Crippen molar-refractivity contribution in [1.82, 2.24) is 0 Å². The van der Waals surface area contributed by atoms with Crippen LogP contribution in [-0.2, 0) is 14.8 Å². The number of hydrogen-bond donors (Lipinski definition) is 2. The van der Waals surface area contributed by atoms with Crippen molar-refractivity contribution in [3.63, 3.8) is 0 Å². The smallest absolute Gasteiger partial charge is 0.232 e. The second-order valence-electron chi connectivity index (χ2n) is 6.96. The summed E-state index contributed by atoms with van der Waals surface area (Å²) in [6, 6.07) is 5.26. The van der Waals surface area contributed by atoms with Gasteiger partial charge in [0.1, 0.15) is 0 Å². The molecular weight excluding hydrogens is 392 g/mol. The fourth-order valence-electron chi connectivity index (χ4n) is 3.88. The second-order valence-corrected chi connectivity index (χ2v) is 10.1. The molecule has 2 N–H and O–H groups in total. The highest BCUT2D eigenvalue weighted by Crippen LogP contribution is 2.57. The minimum absolute atomic E-state index is 0.0290. The molecule has 1 aromatic rings. The summed E-state index contributed by atoms with van der Waals surface area (Å²) in [6.07, 6.45) is 4.10. The first-order chi connectivity index (χ1) is 11.3. The van der Waals surface area contributed by atoms with E-state index in [1.807, 2.05) is 13.0 Å². The minimum Gasteiger partial charge on any atom is -0.326 e. The summed E-state index contributed by atoms with van der Waals surface area (Å²) in [4.78, 5) is 13.1. The largest absolute Gasteiger partial charge is 0.326 e. The predicted octanol–water partition coefficient (Wildman–Crippen LogP) is 3.65. The lowest BCUT2D eigenvalue weighted by Gasteiger charge is -2.30. The number of benzene rings is 1. The van der Waals surface area contributed by atoms with Crippen LogP contribution in [0.15, 0.2) is 18.2 Å². The van der Waals surface area contributed by atoms with Crippen molar-refractivity contribution >= 4 is 43.2 Å². The van der Waals surface area contributed by atoms with E-state index >= 15 is 0 Å². The molecule has 7 heteroatoms. The van der Waals surface area contributed by atoms with Gasteiger partial charge in [0.15, 0.2) is 0 Å². The summed E-state index contributed by atoms with van der Waals surface area (Å²) in [5, 5.41) is 3.03. The number of rotatable bonds is 5. The zero-order valence-electron chi connectivity index (χ0n) is 13.9. The Morgan fingerprint density at radius 3 is 2.71 bits per heavy atom. The fraction of sp³-hybridized carbons (Fsp3) is 0.588. The maximum atomic E-state index is 12.8. The average Bonchev–Trinajstić information content (AvgIpc) is 3.08. The molecule has 2 aliphatic carbocycles. The number of sulfonamides is 1. The van der Waals surface area contributed by atoms with Gasteiger partial charge < -0.3 is 5.32 Å². The van der Waals surface area contributed by atoms with E-state index in [1.165, 1.54) is 0 Å². The van der Waals surface area contributed by atoms with E-state index in [9.17, 15) is 13.2 Å². The summed E-state index contributed by atoms with van der Waals surface area (Å²) in [7, 11) is -3.30. The predicted molar refractivity (Wildman–Crippen MR) is 100.0 cm³/mol. The van der Waals surface area contributed by atoms with Crippen molar-refractivity contribution in [2.45, 2.75) is 44.4 Å². The van der Waals surface area contributed by atoms with Gasteiger partial charge in [-0.15, -0.1) is 0 Å². The average molecular weight is 415 g/mol. The standard InChI is InChI=1S/C17H23BrN2O3S/c1-3-24(22,23)20-14-5-4-13(8-11(14)2)19-16(21)17-7-6-12(10-17)9-15(17)18/h4-5,8,12,15,20H,3,6-7,9-10H2,1-2H3,(H,19,21)/t12-,15-,17+/m0/s1. The SMILES string of the molecule is CCS(=O)(=O)Nc1ccc(NC(=O)[C@@]23CC[C@@H](C[C@@H]2Br)C3)cc1C. The van der Waals surface area contributed by atoms with Gasteiger partial charge in [0.25, 0.3) is 0 Å². The second kappa shape index (κ2) is 6.33. The summed E-state index contributed by atoms with van der Waals surface area (Å²) < 4.78 is 25.9. The van der Waals surface area contributed by atoms with Gasteiger partial charge in [-0.3, -0.25) is 9.52 Å². The van der Waals surface area contributed by atoms with Gasteiger partial charge in [0, 0.05) is 10.5 Å². The molecule has 3 rings (SSSR count). The van der Waals surface area contributed by atoms with E-state index in [2.05, 4.69) is 26.0 Å². The van der Waals surface area contributed by atoms with Crippen LogP contribution in [0.1, 0.15) is 38.2 Å². The van der Waals surface area contributed by atoms with Crippen LogP contribution in [0.4, 0.5) is 11.4 Å². The van der Waals surface area contributed by atoms with E-state index in [0.717, 1.165) is 31.2 Å². The Morgan fingerprint density at radius 1 is 1.42 bits per heavy atom. The number of amides is 1. The molecule has 2 saturated carbocycles. The van der Waals surface area contributed by atoms with Gasteiger partial charge in [-0.25, -0.2) is 8.42 Å². The molecule has 0 unspecified atom stereocenters. The third kappa shape index (κ3) is 3.20. The van der Waals surface area contributed by atoms with Crippen LogP contribution in [0.5, 0.6) is 0 Å². The van der Waals surface area contributed by atoms with Crippen molar-refractivity contribution in [2.75, 3.05) is 15.8 Å². The molecule has 24 heavy (non-hydrogen) atoms. The first-order valence-electron chi connectivity index (χ1n) is 8.32. The number of fused-ring (bicyclic) bond motifs is 2. The molecule has 0 radical (unpaired) electrons. The highest BCUT2D eigenvalue weighted by atomic mass is 79.9. The van der Waals surface area contributed by atoms with Gasteiger partial charge in [-0.05, 0) is 69.2 Å². The number of nitrogens with one attached hydrogen (secondary N) is 2. The first kappa shape index (κ1) is 17.7.